The molecule has 16 heavy (non-hydrogen) atoms. The Balaban J connectivity index is 2.09. The third-order valence-corrected chi connectivity index (χ3v) is 3.53. The highest BCUT2D eigenvalue weighted by Crippen LogP contribution is 2.31. The zero-order chi connectivity index (χ0) is 11.4. The quantitative estimate of drug-likeness (QED) is 0.845. The van der Waals surface area contributed by atoms with Crippen molar-refractivity contribution >= 4 is 0 Å². The average Bonchev–Trinajstić information content (AvgIpc) is 2.85. The Morgan fingerprint density at radius 3 is 2.69 bits per heavy atom. The van der Waals surface area contributed by atoms with Crippen molar-refractivity contribution < 1.29 is 9.84 Å². The van der Waals surface area contributed by atoms with Crippen LogP contribution in [0.3, 0.4) is 0 Å². The summed E-state index contributed by atoms with van der Waals surface area (Å²) in [5.74, 6) is 0.554. The lowest BCUT2D eigenvalue weighted by molar-refractivity contribution is 0.0678. The van der Waals surface area contributed by atoms with E-state index >= 15 is 0 Å². The van der Waals surface area contributed by atoms with Crippen LogP contribution >= 0.6 is 0 Å². The number of rotatable bonds is 4. The van der Waals surface area contributed by atoms with Crippen LogP contribution < -0.4 is 0 Å². The molecule has 0 aromatic heterocycles. The number of aliphatic hydroxyl groups is 1. The summed E-state index contributed by atoms with van der Waals surface area (Å²) in [6, 6.07) is 10.3. The second kappa shape index (κ2) is 5.46. The average molecular weight is 220 g/mol. The zero-order valence-corrected chi connectivity index (χ0v) is 9.80. The number of benzene rings is 1. The summed E-state index contributed by atoms with van der Waals surface area (Å²) in [6.45, 7) is 3.65. The molecule has 2 heteroatoms. The van der Waals surface area contributed by atoms with Gasteiger partial charge in [0.05, 0.1) is 12.7 Å². The van der Waals surface area contributed by atoms with Crippen molar-refractivity contribution in [3.8, 4) is 0 Å². The highest BCUT2D eigenvalue weighted by atomic mass is 16.5. The van der Waals surface area contributed by atoms with E-state index in [1.165, 1.54) is 5.56 Å². The molecule has 2 rings (SSSR count). The SMILES string of the molecule is CCC(c1ccccc1)C(O)C1CCOC1. The standard InChI is InChI=1S/C14H20O2/c1-2-13(11-6-4-3-5-7-11)14(15)12-8-9-16-10-12/h3-7,12-15H,2,8-10H2,1H3. The minimum absolute atomic E-state index is 0.243. The Labute approximate surface area is 97.3 Å². The topological polar surface area (TPSA) is 29.5 Å². The van der Waals surface area contributed by atoms with Gasteiger partial charge in [-0.2, -0.15) is 0 Å². The van der Waals surface area contributed by atoms with Gasteiger partial charge in [0, 0.05) is 18.4 Å². The fourth-order valence-electron chi connectivity index (χ4n) is 2.53. The van der Waals surface area contributed by atoms with Crippen molar-refractivity contribution in [1.29, 1.82) is 0 Å². The summed E-state index contributed by atoms with van der Waals surface area (Å²) in [6.07, 6.45) is 1.70. The second-order valence-corrected chi connectivity index (χ2v) is 4.54. The van der Waals surface area contributed by atoms with Crippen LogP contribution in [-0.4, -0.2) is 24.4 Å². The summed E-state index contributed by atoms with van der Waals surface area (Å²) >= 11 is 0. The Hall–Kier alpha value is -0.860. The van der Waals surface area contributed by atoms with Gasteiger partial charge >= 0.3 is 0 Å². The van der Waals surface area contributed by atoms with Crippen molar-refractivity contribution in [2.24, 2.45) is 5.92 Å². The lowest BCUT2D eigenvalue weighted by atomic mass is 9.84. The number of aliphatic hydroxyl groups excluding tert-OH is 1. The molecular formula is C14H20O2. The van der Waals surface area contributed by atoms with Gasteiger partial charge in [0.15, 0.2) is 0 Å². The molecule has 1 fully saturated rings. The fourth-order valence-corrected chi connectivity index (χ4v) is 2.53. The summed E-state index contributed by atoms with van der Waals surface area (Å²) in [5.41, 5.74) is 1.24. The minimum atomic E-state index is -0.269. The molecule has 0 bridgehead atoms. The van der Waals surface area contributed by atoms with Gasteiger partial charge in [-0.3, -0.25) is 0 Å². The van der Waals surface area contributed by atoms with Gasteiger partial charge in [-0.1, -0.05) is 37.3 Å². The third-order valence-electron chi connectivity index (χ3n) is 3.53. The monoisotopic (exact) mass is 220 g/mol. The van der Waals surface area contributed by atoms with Crippen LogP contribution in [0.25, 0.3) is 0 Å². The maximum absolute atomic E-state index is 10.4. The first kappa shape index (κ1) is 11.6. The van der Waals surface area contributed by atoms with Gasteiger partial charge in [-0.15, -0.1) is 0 Å². The molecule has 1 aromatic rings. The molecule has 2 nitrogen and oxygen atoms in total. The van der Waals surface area contributed by atoms with Crippen molar-refractivity contribution in [2.45, 2.75) is 31.8 Å². The van der Waals surface area contributed by atoms with Gasteiger partial charge in [0.25, 0.3) is 0 Å². The highest BCUT2D eigenvalue weighted by Gasteiger charge is 2.30. The normalized spacial score (nSPS) is 24.2. The molecule has 0 radical (unpaired) electrons. The van der Waals surface area contributed by atoms with Crippen LogP contribution in [-0.2, 0) is 4.74 Å². The van der Waals surface area contributed by atoms with E-state index in [4.69, 9.17) is 4.74 Å². The van der Waals surface area contributed by atoms with E-state index in [2.05, 4.69) is 19.1 Å². The number of ether oxygens (including phenoxy) is 1. The number of hydrogen-bond donors (Lipinski definition) is 1. The van der Waals surface area contributed by atoms with Gasteiger partial charge in [0.1, 0.15) is 0 Å². The zero-order valence-electron chi connectivity index (χ0n) is 9.80. The Bertz CT molecular complexity index is 304. The van der Waals surface area contributed by atoms with E-state index in [1.54, 1.807) is 0 Å². The van der Waals surface area contributed by atoms with E-state index in [0.29, 0.717) is 12.5 Å². The molecule has 1 aromatic carbocycles. The molecule has 1 aliphatic rings. The summed E-state index contributed by atoms with van der Waals surface area (Å²) in [7, 11) is 0. The third kappa shape index (κ3) is 2.45. The van der Waals surface area contributed by atoms with Crippen molar-refractivity contribution in [1.82, 2.24) is 0 Å². The smallest absolute Gasteiger partial charge is 0.0659 e. The molecule has 0 saturated carbocycles. The van der Waals surface area contributed by atoms with Gasteiger partial charge in [0.2, 0.25) is 0 Å². The molecular weight excluding hydrogens is 200 g/mol. The van der Waals surface area contributed by atoms with Crippen LogP contribution in [0.15, 0.2) is 30.3 Å². The molecule has 1 heterocycles. The summed E-state index contributed by atoms with van der Waals surface area (Å²) < 4.78 is 5.35. The Kier molecular flexibility index (Phi) is 3.97. The van der Waals surface area contributed by atoms with Crippen LogP contribution in [0.2, 0.25) is 0 Å². The summed E-state index contributed by atoms with van der Waals surface area (Å²) in [4.78, 5) is 0. The predicted octanol–water partition coefficient (Wildman–Crippen LogP) is 2.58. The molecule has 3 unspecified atom stereocenters. The molecule has 0 aliphatic carbocycles. The fraction of sp³-hybridized carbons (Fsp3) is 0.571. The van der Waals surface area contributed by atoms with Crippen molar-refractivity contribution in [3.63, 3.8) is 0 Å². The highest BCUT2D eigenvalue weighted by molar-refractivity contribution is 5.20. The summed E-state index contributed by atoms with van der Waals surface area (Å²) in [5, 5.41) is 10.4. The molecule has 1 N–H and O–H groups in total. The number of hydrogen-bond acceptors (Lipinski definition) is 2. The lowest BCUT2D eigenvalue weighted by Gasteiger charge is -2.26. The molecule has 0 spiro atoms. The Morgan fingerprint density at radius 1 is 1.38 bits per heavy atom. The Morgan fingerprint density at radius 2 is 2.12 bits per heavy atom. The maximum atomic E-state index is 10.4. The largest absolute Gasteiger partial charge is 0.392 e. The van der Waals surface area contributed by atoms with Gasteiger partial charge in [-0.25, -0.2) is 0 Å². The molecule has 3 atom stereocenters. The minimum Gasteiger partial charge on any atom is -0.392 e. The van der Waals surface area contributed by atoms with Crippen molar-refractivity contribution in [3.05, 3.63) is 35.9 Å². The van der Waals surface area contributed by atoms with E-state index in [0.717, 1.165) is 19.4 Å². The van der Waals surface area contributed by atoms with E-state index in [9.17, 15) is 5.11 Å². The van der Waals surface area contributed by atoms with Crippen LogP contribution in [0.1, 0.15) is 31.2 Å². The first-order valence-electron chi connectivity index (χ1n) is 6.13. The van der Waals surface area contributed by atoms with E-state index in [1.807, 2.05) is 18.2 Å². The first-order chi connectivity index (χ1) is 7.83. The molecule has 1 aliphatic heterocycles. The van der Waals surface area contributed by atoms with Crippen LogP contribution in [0.4, 0.5) is 0 Å². The molecule has 1 saturated heterocycles. The van der Waals surface area contributed by atoms with Gasteiger partial charge < -0.3 is 9.84 Å². The maximum Gasteiger partial charge on any atom is 0.0659 e. The van der Waals surface area contributed by atoms with Gasteiger partial charge in [-0.05, 0) is 18.4 Å². The van der Waals surface area contributed by atoms with Crippen LogP contribution in [0, 0.1) is 5.92 Å². The second-order valence-electron chi connectivity index (χ2n) is 4.54. The lowest BCUT2D eigenvalue weighted by Crippen LogP contribution is -2.27. The molecule has 88 valence electrons. The van der Waals surface area contributed by atoms with E-state index in [-0.39, 0.29) is 12.0 Å². The first-order valence-corrected chi connectivity index (χ1v) is 6.13. The molecule has 0 amide bonds. The predicted molar refractivity (Wildman–Crippen MR) is 64.4 cm³/mol. The van der Waals surface area contributed by atoms with Crippen LogP contribution in [0.5, 0.6) is 0 Å². The van der Waals surface area contributed by atoms with E-state index < -0.39 is 0 Å². The van der Waals surface area contributed by atoms with Crippen molar-refractivity contribution in [2.75, 3.05) is 13.2 Å².